The first-order valence-corrected chi connectivity index (χ1v) is 11.1. The van der Waals surface area contributed by atoms with Crippen LogP contribution in [-0.4, -0.2) is 47.0 Å². The van der Waals surface area contributed by atoms with E-state index in [0.717, 1.165) is 5.69 Å². The molecule has 8 nitrogen and oxygen atoms in total. The van der Waals surface area contributed by atoms with Crippen LogP contribution in [0.4, 0.5) is 11.4 Å². The van der Waals surface area contributed by atoms with E-state index in [1.807, 2.05) is 30.3 Å². The maximum Gasteiger partial charge on any atom is 0.240 e. The lowest BCUT2D eigenvalue weighted by Crippen LogP contribution is -2.28. The molecule has 1 aliphatic rings. The van der Waals surface area contributed by atoms with E-state index in [0.29, 0.717) is 25.3 Å². The third kappa shape index (κ3) is 5.44. The van der Waals surface area contributed by atoms with Crippen molar-refractivity contribution in [2.45, 2.75) is 17.7 Å². The third-order valence-corrected chi connectivity index (χ3v) is 6.29. The quantitative estimate of drug-likeness (QED) is 0.591. The van der Waals surface area contributed by atoms with Crippen molar-refractivity contribution in [3.8, 4) is 0 Å². The molecule has 0 bridgehead atoms. The Kier molecular flexibility index (Phi) is 7.20. The Hall–Kier alpha value is -2.75. The fourth-order valence-electron chi connectivity index (χ4n) is 3.21. The molecule has 2 aromatic carbocycles. The van der Waals surface area contributed by atoms with Gasteiger partial charge in [-0.3, -0.25) is 9.59 Å². The number of nitrogens with one attached hydrogen (secondary N) is 2. The molecular weight excluding hydrogens is 406 g/mol. The van der Waals surface area contributed by atoms with E-state index in [4.69, 9.17) is 4.74 Å². The zero-order valence-electron chi connectivity index (χ0n) is 16.7. The van der Waals surface area contributed by atoms with Gasteiger partial charge in [-0.1, -0.05) is 18.2 Å². The van der Waals surface area contributed by atoms with Crippen molar-refractivity contribution < 1.29 is 22.7 Å². The first-order valence-electron chi connectivity index (χ1n) is 9.65. The summed E-state index contributed by atoms with van der Waals surface area (Å²) < 4.78 is 31.9. The van der Waals surface area contributed by atoms with Crippen molar-refractivity contribution >= 4 is 33.2 Å². The van der Waals surface area contributed by atoms with Crippen LogP contribution in [0.5, 0.6) is 0 Å². The van der Waals surface area contributed by atoms with Gasteiger partial charge in [0.15, 0.2) is 0 Å². The van der Waals surface area contributed by atoms with Crippen LogP contribution >= 0.6 is 0 Å². The highest BCUT2D eigenvalue weighted by atomic mass is 32.2. The molecule has 0 aromatic heterocycles. The molecule has 2 N–H and O–H groups in total. The van der Waals surface area contributed by atoms with E-state index >= 15 is 0 Å². The molecule has 0 spiro atoms. The normalized spacial score (nSPS) is 16.6. The summed E-state index contributed by atoms with van der Waals surface area (Å²) in [5.41, 5.74) is 1.24. The number of hydrogen-bond donors (Lipinski definition) is 2. The zero-order chi connectivity index (χ0) is 21.6. The van der Waals surface area contributed by atoms with Crippen molar-refractivity contribution in [1.82, 2.24) is 4.72 Å². The molecule has 2 amide bonds. The van der Waals surface area contributed by atoms with Gasteiger partial charge in [0.2, 0.25) is 21.8 Å². The lowest BCUT2D eigenvalue weighted by atomic mass is 10.1. The largest absolute Gasteiger partial charge is 0.385 e. The van der Waals surface area contributed by atoms with E-state index in [1.54, 1.807) is 12.0 Å². The number of nitrogens with zero attached hydrogens (tertiary/aromatic N) is 1. The molecule has 3 rings (SSSR count). The van der Waals surface area contributed by atoms with Crippen LogP contribution in [0.1, 0.15) is 12.8 Å². The van der Waals surface area contributed by atoms with Crippen LogP contribution < -0.4 is 14.9 Å². The van der Waals surface area contributed by atoms with Gasteiger partial charge in [-0.15, -0.1) is 0 Å². The van der Waals surface area contributed by atoms with E-state index in [9.17, 15) is 18.0 Å². The van der Waals surface area contributed by atoms with Crippen LogP contribution in [0.2, 0.25) is 0 Å². The van der Waals surface area contributed by atoms with Gasteiger partial charge in [-0.25, -0.2) is 13.1 Å². The summed E-state index contributed by atoms with van der Waals surface area (Å²) in [6, 6.07) is 15.2. The number of carbonyl (C=O) groups excluding carboxylic acids is 2. The van der Waals surface area contributed by atoms with Crippen LogP contribution in [0.3, 0.4) is 0 Å². The van der Waals surface area contributed by atoms with Gasteiger partial charge < -0.3 is 15.0 Å². The SMILES string of the molecule is COCCCNS(=O)(=O)c1ccc(NC(=O)[C@H]2CC(=O)N(c3ccccc3)C2)cc1. The number of rotatable bonds is 9. The molecule has 1 aliphatic heterocycles. The third-order valence-electron chi connectivity index (χ3n) is 4.81. The summed E-state index contributed by atoms with van der Waals surface area (Å²) in [5, 5.41) is 2.77. The topological polar surface area (TPSA) is 105 Å². The van der Waals surface area contributed by atoms with E-state index in [1.165, 1.54) is 24.3 Å². The smallest absolute Gasteiger partial charge is 0.240 e. The Balaban J connectivity index is 1.58. The van der Waals surface area contributed by atoms with Crippen LogP contribution in [-0.2, 0) is 24.3 Å². The van der Waals surface area contributed by atoms with Gasteiger partial charge in [0, 0.05) is 44.6 Å². The average molecular weight is 432 g/mol. The van der Waals surface area contributed by atoms with Crippen molar-refractivity contribution in [2.24, 2.45) is 5.92 Å². The number of amides is 2. The highest BCUT2D eigenvalue weighted by Gasteiger charge is 2.35. The minimum atomic E-state index is -3.62. The summed E-state index contributed by atoms with van der Waals surface area (Å²) in [4.78, 5) is 26.6. The summed E-state index contributed by atoms with van der Waals surface area (Å²) in [6.45, 7) is 1.06. The molecule has 2 aromatic rings. The first-order chi connectivity index (χ1) is 14.4. The summed E-state index contributed by atoms with van der Waals surface area (Å²) >= 11 is 0. The molecule has 0 unspecified atom stereocenters. The molecule has 0 aliphatic carbocycles. The highest BCUT2D eigenvalue weighted by Crippen LogP contribution is 2.26. The number of hydrogen-bond acceptors (Lipinski definition) is 5. The summed E-state index contributed by atoms with van der Waals surface area (Å²) in [6.07, 6.45) is 0.711. The molecule has 1 atom stereocenters. The molecule has 9 heteroatoms. The Morgan fingerprint density at radius 2 is 1.83 bits per heavy atom. The molecule has 160 valence electrons. The van der Waals surface area contributed by atoms with Crippen molar-refractivity contribution in [3.05, 3.63) is 54.6 Å². The molecular formula is C21H25N3O5S. The monoisotopic (exact) mass is 431 g/mol. The lowest BCUT2D eigenvalue weighted by Gasteiger charge is -2.16. The molecule has 1 fully saturated rings. The summed E-state index contributed by atoms with van der Waals surface area (Å²) in [5.74, 6) is -0.832. The van der Waals surface area contributed by atoms with Gasteiger partial charge >= 0.3 is 0 Å². The molecule has 30 heavy (non-hydrogen) atoms. The molecule has 1 saturated heterocycles. The number of anilines is 2. The second-order valence-corrected chi connectivity index (χ2v) is 8.77. The van der Waals surface area contributed by atoms with Crippen LogP contribution in [0.15, 0.2) is 59.5 Å². The maximum atomic E-state index is 12.6. The zero-order valence-corrected chi connectivity index (χ0v) is 17.5. The second-order valence-electron chi connectivity index (χ2n) is 7.00. The minimum Gasteiger partial charge on any atom is -0.385 e. The molecule has 1 heterocycles. The molecule has 0 radical (unpaired) electrons. The van der Waals surface area contributed by atoms with Gasteiger partial charge in [0.05, 0.1) is 10.8 Å². The van der Waals surface area contributed by atoms with Crippen molar-refractivity contribution in [1.29, 1.82) is 0 Å². The number of methoxy groups -OCH3 is 1. The van der Waals surface area contributed by atoms with Gasteiger partial charge in [-0.2, -0.15) is 0 Å². The van der Waals surface area contributed by atoms with Crippen LogP contribution in [0.25, 0.3) is 0 Å². The standard InChI is InChI=1S/C21H25N3O5S/c1-29-13-5-12-22-30(27,28)19-10-8-17(9-11-19)23-21(26)16-14-20(25)24(15-16)18-6-3-2-4-7-18/h2-4,6-11,16,22H,5,12-15H2,1H3,(H,23,26)/t16-/m0/s1. The van der Waals surface area contributed by atoms with Gasteiger partial charge in [0.25, 0.3) is 0 Å². The van der Waals surface area contributed by atoms with Crippen molar-refractivity contribution in [3.63, 3.8) is 0 Å². The van der Waals surface area contributed by atoms with Crippen LogP contribution in [0, 0.1) is 5.92 Å². The van der Waals surface area contributed by atoms with Gasteiger partial charge in [-0.05, 0) is 42.8 Å². The van der Waals surface area contributed by atoms with Gasteiger partial charge in [0.1, 0.15) is 0 Å². The fraction of sp³-hybridized carbons (Fsp3) is 0.333. The summed E-state index contributed by atoms with van der Waals surface area (Å²) in [7, 11) is -2.06. The predicted octanol–water partition coefficient (Wildman–Crippen LogP) is 1.99. The Bertz CT molecular complexity index is 977. The van der Waals surface area contributed by atoms with E-state index < -0.39 is 15.9 Å². The number of sulfonamides is 1. The number of ether oxygens (including phenoxy) is 1. The minimum absolute atomic E-state index is 0.0951. The number of para-hydroxylation sites is 1. The van der Waals surface area contributed by atoms with Crippen molar-refractivity contribution in [2.75, 3.05) is 37.0 Å². The first kappa shape index (κ1) is 21.9. The Labute approximate surface area is 176 Å². The fourth-order valence-corrected chi connectivity index (χ4v) is 4.28. The number of carbonyl (C=O) groups is 2. The molecule has 0 saturated carbocycles. The van der Waals surface area contributed by atoms with E-state index in [-0.39, 0.29) is 29.7 Å². The lowest BCUT2D eigenvalue weighted by molar-refractivity contribution is -0.122. The maximum absolute atomic E-state index is 12.6. The predicted molar refractivity (Wildman–Crippen MR) is 114 cm³/mol. The van der Waals surface area contributed by atoms with E-state index in [2.05, 4.69) is 10.0 Å². The average Bonchev–Trinajstić information content (AvgIpc) is 3.14. The highest BCUT2D eigenvalue weighted by molar-refractivity contribution is 7.89. The number of benzene rings is 2. The Morgan fingerprint density at radius 1 is 1.13 bits per heavy atom. The Morgan fingerprint density at radius 3 is 2.50 bits per heavy atom. The second kappa shape index (κ2) is 9.84.